The van der Waals surface area contributed by atoms with Crippen molar-refractivity contribution in [2.24, 2.45) is 5.73 Å². The molecule has 0 saturated heterocycles. The van der Waals surface area contributed by atoms with E-state index in [4.69, 9.17) is 21.9 Å². The lowest BCUT2D eigenvalue weighted by atomic mass is 10.1. The summed E-state index contributed by atoms with van der Waals surface area (Å²) in [6.07, 6.45) is -0.193. The molecule has 0 bridgehead atoms. The number of aliphatic hydroxyl groups excluding tert-OH is 1. The highest BCUT2D eigenvalue weighted by atomic mass is 35.5. The molecule has 0 fully saturated rings. The molecule has 0 spiro atoms. The molecule has 0 amide bonds. The van der Waals surface area contributed by atoms with Gasteiger partial charge in [-0.25, -0.2) is 0 Å². The minimum atomic E-state index is -0.728. The first kappa shape index (κ1) is 13.0. The summed E-state index contributed by atoms with van der Waals surface area (Å²) in [5.74, 6) is 0.775. The Hall–Kier alpha value is -1.43. The van der Waals surface area contributed by atoms with E-state index in [1.807, 2.05) is 12.1 Å². The van der Waals surface area contributed by atoms with Gasteiger partial charge < -0.3 is 15.4 Å². The van der Waals surface area contributed by atoms with Crippen molar-refractivity contribution in [2.45, 2.75) is 25.5 Å². The Morgan fingerprint density at radius 1 is 1.39 bits per heavy atom. The molecule has 2 atom stereocenters. The van der Waals surface area contributed by atoms with Gasteiger partial charge in [0.15, 0.2) is 5.82 Å². The highest BCUT2D eigenvalue weighted by Gasteiger charge is 2.19. The molecule has 18 heavy (non-hydrogen) atoms. The second-order valence-corrected chi connectivity index (χ2v) is 4.55. The second kappa shape index (κ2) is 5.48. The van der Waals surface area contributed by atoms with Crippen LogP contribution < -0.4 is 5.73 Å². The zero-order chi connectivity index (χ0) is 13.1. The predicted molar refractivity (Wildman–Crippen MR) is 67.2 cm³/mol. The van der Waals surface area contributed by atoms with Crippen molar-refractivity contribution in [3.8, 4) is 0 Å². The fourth-order valence-corrected chi connectivity index (χ4v) is 1.59. The number of aromatic nitrogens is 2. The van der Waals surface area contributed by atoms with Crippen molar-refractivity contribution in [1.29, 1.82) is 0 Å². The van der Waals surface area contributed by atoms with Gasteiger partial charge in [0.1, 0.15) is 6.04 Å². The first-order chi connectivity index (χ1) is 8.56. The predicted octanol–water partition coefficient (Wildman–Crippen LogP) is 1.69. The van der Waals surface area contributed by atoms with Crippen molar-refractivity contribution in [2.75, 3.05) is 0 Å². The summed E-state index contributed by atoms with van der Waals surface area (Å²) in [4.78, 5) is 4.15. The maximum absolute atomic E-state index is 9.34. The highest BCUT2D eigenvalue weighted by molar-refractivity contribution is 6.30. The van der Waals surface area contributed by atoms with E-state index in [1.165, 1.54) is 0 Å². The topological polar surface area (TPSA) is 85.2 Å². The molecule has 0 aliphatic heterocycles. The molecule has 2 rings (SSSR count). The average Bonchev–Trinajstić information content (AvgIpc) is 2.79. The summed E-state index contributed by atoms with van der Waals surface area (Å²) in [5, 5.41) is 13.8. The lowest BCUT2D eigenvalue weighted by Gasteiger charge is -2.08. The normalized spacial score (nSPS) is 14.4. The number of hydrogen-bond donors (Lipinski definition) is 2. The van der Waals surface area contributed by atoms with Gasteiger partial charge in [-0.2, -0.15) is 4.98 Å². The SMILES string of the molecule is C[C@@H](O)[C@H](N)c1nc(Cc2ccc(Cl)cc2)no1. The van der Waals surface area contributed by atoms with Crippen LogP contribution in [0.4, 0.5) is 0 Å². The van der Waals surface area contributed by atoms with Crippen molar-refractivity contribution in [1.82, 2.24) is 10.1 Å². The lowest BCUT2D eigenvalue weighted by Crippen LogP contribution is -2.23. The van der Waals surface area contributed by atoms with Crippen LogP contribution in [0, 0.1) is 0 Å². The fraction of sp³-hybridized carbons (Fsp3) is 0.333. The van der Waals surface area contributed by atoms with E-state index in [1.54, 1.807) is 19.1 Å². The van der Waals surface area contributed by atoms with Crippen molar-refractivity contribution in [3.05, 3.63) is 46.6 Å². The summed E-state index contributed by atoms with van der Waals surface area (Å²) in [6.45, 7) is 1.58. The van der Waals surface area contributed by atoms with Crippen molar-refractivity contribution in [3.63, 3.8) is 0 Å². The lowest BCUT2D eigenvalue weighted by molar-refractivity contribution is 0.146. The summed E-state index contributed by atoms with van der Waals surface area (Å²) in [7, 11) is 0. The van der Waals surface area contributed by atoms with E-state index in [9.17, 15) is 5.11 Å². The van der Waals surface area contributed by atoms with E-state index < -0.39 is 12.1 Å². The Morgan fingerprint density at radius 3 is 2.67 bits per heavy atom. The van der Waals surface area contributed by atoms with E-state index in [0.717, 1.165) is 5.56 Å². The van der Waals surface area contributed by atoms with Gasteiger partial charge in [0.05, 0.1) is 6.10 Å². The first-order valence-corrected chi connectivity index (χ1v) is 5.94. The summed E-state index contributed by atoms with van der Waals surface area (Å²) >= 11 is 5.80. The van der Waals surface area contributed by atoms with E-state index in [2.05, 4.69) is 10.1 Å². The Kier molecular flexibility index (Phi) is 3.96. The minimum Gasteiger partial charge on any atom is -0.391 e. The first-order valence-electron chi connectivity index (χ1n) is 5.57. The molecule has 0 saturated carbocycles. The maximum atomic E-state index is 9.34. The van der Waals surface area contributed by atoms with Crippen LogP contribution in [0.25, 0.3) is 0 Å². The van der Waals surface area contributed by atoms with E-state index >= 15 is 0 Å². The monoisotopic (exact) mass is 267 g/mol. The van der Waals surface area contributed by atoms with Gasteiger partial charge in [0.2, 0.25) is 5.89 Å². The van der Waals surface area contributed by atoms with Gasteiger partial charge in [-0.3, -0.25) is 0 Å². The number of halogens is 1. The van der Waals surface area contributed by atoms with Gasteiger partial charge >= 0.3 is 0 Å². The quantitative estimate of drug-likeness (QED) is 0.881. The van der Waals surface area contributed by atoms with Crippen LogP contribution in [0.3, 0.4) is 0 Å². The number of benzene rings is 1. The van der Waals surface area contributed by atoms with Crippen LogP contribution in [-0.4, -0.2) is 21.4 Å². The molecular formula is C12H14ClN3O2. The van der Waals surface area contributed by atoms with Gasteiger partial charge in [-0.05, 0) is 24.6 Å². The molecule has 1 aromatic carbocycles. The Labute approximate surface area is 110 Å². The number of nitrogens with zero attached hydrogens (tertiary/aromatic N) is 2. The molecule has 96 valence electrons. The largest absolute Gasteiger partial charge is 0.391 e. The molecule has 0 radical (unpaired) electrons. The summed E-state index contributed by atoms with van der Waals surface area (Å²) in [6, 6.07) is 6.75. The summed E-state index contributed by atoms with van der Waals surface area (Å²) in [5.41, 5.74) is 6.73. The molecule has 1 heterocycles. The third-order valence-corrected chi connectivity index (χ3v) is 2.82. The molecular weight excluding hydrogens is 254 g/mol. The number of rotatable bonds is 4. The zero-order valence-electron chi connectivity index (χ0n) is 9.88. The van der Waals surface area contributed by atoms with Crippen LogP contribution in [-0.2, 0) is 6.42 Å². The molecule has 1 aromatic heterocycles. The van der Waals surface area contributed by atoms with Crippen LogP contribution in [0.15, 0.2) is 28.8 Å². The van der Waals surface area contributed by atoms with E-state index in [0.29, 0.717) is 17.3 Å². The van der Waals surface area contributed by atoms with Crippen molar-refractivity contribution >= 4 is 11.6 Å². The number of nitrogens with two attached hydrogens (primary N) is 1. The number of aliphatic hydroxyl groups is 1. The van der Waals surface area contributed by atoms with Crippen LogP contribution in [0.2, 0.25) is 5.02 Å². The van der Waals surface area contributed by atoms with Crippen LogP contribution in [0.5, 0.6) is 0 Å². The Balaban J connectivity index is 2.09. The smallest absolute Gasteiger partial charge is 0.246 e. The number of hydrogen-bond acceptors (Lipinski definition) is 5. The Morgan fingerprint density at radius 2 is 2.06 bits per heavy atom. The van der Waals surface area contributed by atoms with Gasteiger partial charge in [-0.15, -0.1) is 0 Å². The van der Waals surface area contributed by atoms with Gasteiger partial charge in [0, 0.05) is 11.4 Å². The minimum absolute atomic E-state index is 0.244. The highest BCUT2D eigenvalue weighted by Crippen LogP contribution is 2.15. The van der Waals surface area contributed by atoms with Crippen LogP contribution >= 0.6 is 11.6 Å². The van der Waals surface area contributed by atoms with Crippen LogP contribution in [0.1, 0.15) is 30.2 Å². The molecule has 2 aromatic rings. The fourth-order valence-electron chi connectivity index (χ4n) is 1.47. The van der Waals surface area contributed by atoms with Gasteiger partial charge in [0.25, 0.3) is 0 Å². The molecule has 6 heteroatoms. The standard InChI is InChI=1S/C12H14ClN3O2/c1-7(17)11(14)12-15-10(16-18-12)6-8-2-4-9(13)5-3-8/h2-5,7,11,17H,6,14H2,1H3/t7-,11+/m1/s1. The maximum Gasteiger partial charge on any atom is 0.246 e. The Bertz CT molecular complexity index is 510. The second-order valence-electron chi connectivity index (χ2n) is 4.12. The average molecular weight is 268 g/mol. The molecule has 0 unspecified atom stereocenters. The molecule has 3 N–H and O–H groups in total. The zero-order valence-corrected chi connectivity index (χ0v) is 10.6. The van der Waals surface area contributed by atoms with Gasteiger partial charge in [-0.1, -0.05) is 28.9 Å². The molecule has 0 aliphatic rings. The molecule has 5 nitrogen and oxygen atoms in total. The van der Waals surface area contributed by atoms with E-state index in [-0.39, 0.29) is 5.89 Å². The van der Waals surface area contributed by atoms with Crippen molar-refractivity contribution < 1.29 is 9.63 Å². The third-order valence-electron chi connectivity index (χ3n) is 2.56. The third kappa shape index (κ3) is 3.07. The molecule has 0 aliphatic carbocycles. The summed E-state index contributed by atoms with van der Waals surface area (Å²) < 4.78 is 5.01.